The number of ether oxygens (including phenoxy) is 2. The highest BCUT2D eigenvalue weighted by molar-refractivity contribution is 8.14. The molecule has 2 aliphatic heterocycles. The van der Waals surface area contributed by atoms with Gasteiger partial charge in [-0.2, -0.15) is 0 Å². The molecule has 1 unspecified atom stereocenters. The molecule has 0 saturated carbocycles. The maximum absolute atomic E-state index is 11.8. The normalized spacial score (nSPS) is 21.1. The van der Waals surface area contributed by atoms with E-state index in [0.29, 0.717) is 24.5 Å². The third-order valence-electron chi connectivity index (χ3n) is 3.68. The van der Waals surface area contributed by atoms with E-state index in [1.807, 2.05) is 18.2 Å². The number of halogens is 1. The summed E-state index contributed by atoms with van der Waals surface area (Å²) in [4.78, 5) is 13.3. The third kappa shape index (κ3) is 3.08. The summed E-state index contributed by atoms with van der Waals surface area (Å²) in [5.41, 5.74) is 1.00. The van der Waals surface area contributed by atoms with Crippen molar-refractivity contribution in [3.63, 3.8) is 0 Å². The number of benzene rings is 1. The molecule has 0 aromatic heterocycles. The van der Waals surface area contributed by atoms with Crippen molar-refractivity contribution in [2.45, 2.75) is 18.1 Å². The Morgan fingerprint density at radius 3 is 2.76 bits per heavy atom. The molecule has 0 bridgehead atoms. The molecule has 1 atom stereocenters. The molecular weight excluding hydrogens is 318 g/mol. The van der Waals surface area contributed by atoms with Gasteiger partial charge in [0.2, 0.25) is 21.8 Å². The molecule has 0 aliphatic carbocycles. The zero-order chi connectivity index (χ0) is 15.0. The van der Waals surface area contributed by atoms with E-state index in [1.54, 1.807) is 0 Å². The van der Waals surface area contributed by atoms with Crippen LogP contribution in [0.1, 0.15) is 12.0 Å². The highest BCUT2D eigenvalue weighted by Gasteiger charge is 2.36. The number of rotatable bonds is 4. The Morgan fingerprint density at radius 1 is 1.29 bits per heavy atom. The van der Waals surface area contributed by atoms with Crippen LogP contribution in [0.3, 0.4) is 0 Å². The van der Waals surface area contributed by atoms with Crippen molar-refractivity contribution in [1.82, 2.24) is 4.90 Å². The molecule has 0 N–H and O–H groups in total. The fourth-order valence-electron chi connectivity index (χ4n) is 2.50. The maximum Gasteiger partial charge on any atom is 0.237 e. The summed E-state index contributed by atoms with van der Waals surface area (Å²) in [6, 6.07) is 5.61. The zero-order valence-corrected chi connectivity index (χ0v) is 12.7. The first-order valence-corrected chi connectivity index (χ1v) is 8.90. The van der Waals surface area contributed by atoms with Crippen molar-refractivity contribution in [2.75, 3.05) is 19.9 Å². The minimum Gasteiger partial charge on any atom is -0.454 e. The Hall–Kier alpha value is -1.47. The summed E-state index contributed by atoms with van der Waals surface area (Å²) < 4.78 is 33.1. The molecule has 6 nitrogen and oxygen atoms in total. The number of amides is 1. The first kappa shape index (κ1) is 14.5. The summed E-state index contributed by atoms with van der Waals surface area (Å²) in [6.45, 7) is 0.843. The molecular formula is C13H14ClNO5S. The molecule has 1 saturated heterocycles. The van der Waals surface area contributed by atoms with E-state index in [0.717, 1.165) is 5.56 Å². The largest absolute Gasteiger partial charge is 0.454 e. The number of hydrogen-bond donors (Lipinski definition) is 0. The number of carbonyl (C=O) groups is 1. The fourth-order valence-corrected chi connectivity index (χ4v) is 3.56. The lowest BCUT2D eigenvalue weighted by Gasteiger charge is -2.16. The summed E-state index contributed by atoms with van der Waals surface area (Å²) in [5.74, 6) is 1.23. The highest BCUT2D eigenvalue weighted by Crippen LogP contribution is 2.32. The number of likely N-dealkylation sites (tertiary alicyclic amines) is 1. The quantitative estimate of drug-likeness (QED) is 0.773. The molecule has 3 rings (SSSR count). The summed E-state index contributed by atoms with van der Waals surface area (Å²) in [6.07, 6.45) is 0.588. The van der Waals surface area contributed by atoms with Crippen molar-refractivity contribution in [2.24, 2.45) is 0 Å². The predicted octanol–water partition coefficient (Wildman–Crippen LogP) is 1.13. The van der Waals surface area contributed by atoms with Crippen LogP contribution in [-0.4, -0.2) is 44.4 Å². The smallest absolute Gasteiger partial charge is 0.237 e. The minimum absolute atomic E-state index is 0.0347. The molecule has 2 heterocycles. The molecule has 1 fully saturated rings. The van der Waals surface area contributed by atoms with Crippen LogP contribution >= 0.6 is 10.7 Å². The molecule has 2 aliphatic rings. The van der Waals surface area contributed by atoms with Gasteiger partial charge in [-0.1, -0.05) is 6.07 Å². The van der Waals surface area contributed by atoms with Crippen molar-refractivity contribution in [3.8, 4) is 11.5 Å². The number of nitrogens with zero attached hydrogens (tertiary/aromatic N) is 1. The van der Waals surface area contributed by atoms with E-state index in [9.17, 15) is 13.2 Å². The van der Waals surface area contributed by atoms with E-state index in [1.165, 1.54) is 4.90 Å². The zero-order valence-electron chi connectivity index (χ0n) is 11.1. The summed E-state index contributed by atoms with van der Waals surface area (Å²) in [7, 11) is 1.63. The van der Waals surface area contributed by atoms with Crippen LogP contribution in [0, 0.1) is 0 Å². The molecule has 8 heteroatoms. The van der Waals surface area contributed by atoms with Crippen LogP contribution in [0.2, 0.25) is 0 Å². The van der Waals surface area contributed by atoms with Gasteiger partial charge < -0.3 is 14.4 Å². The van der Waals surface area contributed by atoms with Gasteiger partial charge in [-0.05, 0) is 24.1 Å². The van der Waals surface area contributed by atoms with Gasteiger partial charge in [0, 0.05) is 30.2 Å². The number of fused-ring (bicyclic) bond motifs is 1. The molecule has 0 spiro atoms. The molecule has 0 radical (unpaired) electrons. The van der Waals surface area contributed by atoms with Gasteiger partial charge in [-0.25, -0.2) is 8.42 Å². The predicted molar refractivity (Wildman–Crippen MR) is 76.0 cm³/mol. The van der Waals surface area contributed by atoms with E-state index < -0.39 is 14.3 Å². The minimum atomic E-state index is -3.69. The van der Waals surface area contributed by atoms with Crippen molar-refractivity contribution in [3.05, 3.63) is 23.8 Å². The second-order valence-electron chi connectivity index (χ2n) is 5.08. The van der Waals surface area contributed by atoms with Gasteiger partial charge in [-0.15, -0.1) is 0 Å². The Labute approximate surface area is 127 Å². The third-order valence-corrected chi connectivity index (χ3v) is 5.55. The Bertz CT molecular complexity index is 675. The lowest BCUT2D eigenvalue weighted by atomic mass is 10.1. The van der Waals surface area contributed by atoms with Crippen LogP contribution in [0.25, 0.3) is 0 Å². The number of carbonyl (C=O) groups excluding carboxylic acids is 1. The van der Waals surface area contributed by atoms with E-state index in [-0.39, 0.29) is 25.7 Å². The maximum atomic E-state index is 11.8. The monoisotopic (exact) mass is 331 g/mol. The van der Waals surface area contributed by atoms with Crippen LogP contribution in [-0.2, 0) is 20.3 Å². The SMILES string of the molecule is O=C1CC(S(=O)(=O)Cl)CN1CCc1ccc2c(c1)OCO2. The van der Waals surface area contributed by atoms with E-state index in [2.05, 4.69) is 0 Å². The van der Waals surface area contributed by atoms with Crippen LogP contribution in [0.5, 0.6) is 11.5 Å². The van der Waals surface area contributed by atoms with Crippen molar-refractivity contribution >= 4 is 25.6 Å². The topological polar surface area (TPSA) is 72.9 Å². The summed E-state index contributed by atoms with van der Waals surface area (Å²) >= 11 is 0. The van der Waals surface area contributed by atoms with Gasteiger partial charge in [0.15, 0.2) is 11.5 Å². The molecule has 21 heavy (non-hydrogen) atoms. The van der Waals surface area contributed by atoms with E-state index >= 15 is 0 Å². The second kappa shape index (κ2) is 5.38. The van der Waals surface area contributed by atoms with Gasteiger partial charge in [0.25, 0.3) is 0 Å². The van der Waals surface area contributed by atoms with Gasteiger partial charge in [0.1, 0.15) is 5.25 Å². The van der Waals surface area contributed by atoms with Crippen LogP contribution < -0.4 is 9.47 Å². The van der Waals surface area contributed by atoms with Gasteiger partial charge in [0.05, 0.1) is 0 Å². The first-order valence-electron chi connectivity index (χ1n) is 6.53. The highest BCUT2D eigenvalue weighted by atomic mass is 35.7. The second-order valence-corrected chi connectivity index (χ2v) is 7.99. The van der Waals surface area contributed by atoms with Crippen LogP contribution in [0.15, 0.2) is 18.2 Å². The van der Waals surface area contributed by atoms with Gasteiger partial charge >= 0.3 is 0 Å². The first-order chi connectivity index (χ1) is 9.93. The van der Waals surface area contributed by atoms with Gasteiger partial charge in [-0.3, -0.25) is 4.79 Å². The Morgan fingerprint density at radius 2 is 2.05 bits per heavy atom. The van der Waals surface area contributed by atoms with Crippen molar-refractivity contribution in [1.29, 1.82) is 0 Å². The lowest BCUT2D eigenvalue weighted by Crippen LogP contribution is -2.29. The number of hydrogen-bond acceptors (Lipinski definition) is 5. The Kier molecular flexibility index (Phi) is 3.71. The van der Waals surface area contributed by atoms with E-state index in [4.69, 9.17) is 20.2 Å². The molecule has 1 aromatic carbocycles. The lowest BCUT2D eigenvalue weighted by molar-refractivity contribution is -0.127. The fraction of sp³-hybridized carbons (Fsp3) is 0.462. The Balaban J connectivity index is 1.62. The molecule has 1 amide bonds. The van der Waals surface area contributed by atoms with Crippen molar-refractivity contribution < 1.29 is 22.7 Å². The van der Waals surface area contributed by atoms with Crippen LogP contribution in [0.4, 0.5) is 0 Å². The molecule has 1 aromatic rings. The average Bonchev–Trinajstić information content (AvgIpc) is 3.01. The molecule has 114 valence electrons. The standard InChI is InChI=1S/C13H14ClNO5S/c14-21(17,18)10-6-13(16)15(7-10)4-3-9-1-2-11-12(5-9)20-8-19-11/h1-2,5,10H,3-4,6-8H2. The summed E-state index contributed by atoms with van der Waals surface area (Å²) in [5, 5.41) is -0.802. The average molecular weight is 332 g/mol.